The van der Waals surface area contributed by atoms with Gasteiger partial charge in [0.1, 0.15) is 18.5 Å². The van der Waals surface area contributed by atoms with Crippen LogP contribution in [0.15, 0.2) is 42.5 Å². The topological polar surface area (TPSA) is 133 Å². The van der Waals surface area contributed by atoms with Gasteiger partial charge in [0, 0.05) is 23.3 Å². The van der Waals surface area contributed by atoms with Crippen LogP contribution in [0.2, 0.25) is 0 Å². The highest BCUT2D eigenvalue weighted by Gasteiger charge is 2.28. The van der Waals surface area contributed by atoms with Crippen LogP contribution in [0, 0.1) is 13.8 Å². The molecule has 0 aliphatic rings. The molecule has 2 aromatic carbocycles. The van der Waals surface area contributed by atoms with Crippen molar-refractivity contribution in [1.29, 1.82) is 0 Å². The van der Waals surface area contributed by atoms with Gasteiger partial charge in [0.05, 0.1) is 43.0 Å². The first kappa shape index (κ1) is 26.7. The van der Waals surface area contributed by atoms with Crippen LogP contribution in [-0.4, -0.2) is 82.2 Å². The number of ether oxygens (including phenoxy) is 2. The average Bonchev–Trinajstić information content (AvgIpc) is 3.15. The Morgan fingerprint density at radius 2 is 1.71 bits per heavy atom. The zero-order chi connectivity index (χ0) is 25.6. The summed E-state index contributed by atoms with van der Waals surface area (Å²) in [6, 6.07) is 13.4. The van der Waals surface area contributed by atoms with Gasteiger partial charge in [-0.25, -0.2) is 4.79 Å². The molecule has 190 valence electrons. The van der Waals surface area contributed by atoms with Gasteiger partial charge in [-0.1, -0.05) is 17.7 Å². The molecular weight excluding hydrogens is 452 g/mol. The molecule has 0 amide bonds. The number of hydrogen-bond acceptors (Lipinski definition) is 8. The summed E-state index contributed by atoms with van der Waals surface area (Å²) in [5.41, 5.74) is 2.79. The molecule has 1 heterocycles. The van der Waals surface area contributed by atoms with E-state index in [4.69, 9.17) is 9.47 Å². The lowest BCUT2D eigenvalue weighted by molar-refractivity contribution is 0.0260. The van der Waals surface area contributed by atoms with Crippen LogP contribution in [-0.2, 0) is 4.74 Å². The monoisotopic (exact) mass is 486 g/mol. The Kier molecular flexibility index (Phi) is 8.87. The zero-order valence-corrected chi connectivity index (χ0v) is 20.3. The van der Waals surface area contributed by atoms with Crippen LogP contribution in [0.25, 0.3) is 16.6 Å². The molecule has 3 rings (SSSR count). The van der Waals surface area contributed by atoms with Crippen LogP contribution >= 0.6 is 0 Å². The minimum atomic E-state index is -1.29. The average molecular weight is 487 g/mol. The van der Waals surface area contributed by atoms with Gasteiger partial charge in [0.2, 0.25) is 0 Å². The van der Waals surface area contributed by atoms with Gasteiger partial charge in [-0.05, 0) is 51.1 Å². The molecule has 9 heteroatoms. The highest BCUT2D eigenvalue weighted by atomic mass is 16.5. The van der Waals surface area contributed by atoms with E-state index in [9.17, 15) is 25.2 Å². The van der Waals surface area contributed by atoms with Crippen molar-refractivity contribution in [1.82, 2.24) is 9.88 Å². The summed E-state index contributed by atoms with van der Waals surface area (Å²) in [6.45, 7) is 4.34. The third-order valence-electron chi connectivity index (χ3n) is 6.01. The van der Waals surface area contributed by atoms with E-state index in [1.807, 2.05) is 48.7 Å². The van der Waals surface area contributed by atoms with Crippen molar-refractivity contribution < 1.29 is 34.7 Å². The Labute approximate surface area is 204 Å². The normalized spacial score (nSPS) is 12.7. The molecule has 0 aliphatic heterocycles. The number of rotatable bonds is 12. The second kappa shape index (κ2) is 11.7. The fourth-order valence-corrected chi connectivity index (χ4v) is 3.88. The van der Waals surface area contributed by atoms with Crippen molar-refractivity contribution in [2.45, 2.75) is 32.4 Å². The molecule has 0 spiro atoms. The summed E-state index contributed by atoms with van der Waals surface area (Å²) >= 11 is 0. The number of β-amino-alcohol motifs (C(OH)–C–C–N with tert-alkyl or cyclic N) is 1. The number of aliphatic hydroxyl groups excluding tert-OH is 4. The maximum atomic E-state index is 12.8. The van der Waals surface area contributed by atoms with Gasteiger partial charge in [-0.2, -0.15) is 0 Å². The fraction of sp³-hybridized carbons (Fsp3) is 0.423. The van der Waals surface area contributed by atoms with E-state index in [1.165, 1.54) is 0 Å². The number of nitrogens with one attached hydrogen (secondary N) is 1. The molecule has 3 aromatic rings. The van der Waals surface area contributed by atoms with Crippen LogP contribution < -0.4 is 10.1 Å². The first-order valence-corrected chi connectivity index (χ1v) is 11.6. The number of carbonyl (C=O) groups is 1. The van der Waals surface area contributed by atoms with Crippen molar-refractivity contribution in [2.24, 2.45) is 0 Å². The second-order valence-corrected chi connectivity index (χ2v) is 8.63. The molecule has 1 atom stereocenters. The van der Waals surface area contributed by atoms with Crippen molar-refractivity contribution >= 4 is 16.9 Å². The van der Waals surface area contributed by atoms with E-state index in [-0.39, 0.29) is 19.8 Å². The Hall–Kier alpha value is -2.95. The maximum absolute atomic E-state index is 12.8. The summed E-state index contributed by atoms with van der Waals surface area (Å²) in [7, 11) is 0. The minimum Gasteiger partial charge on any atom is -0.491 e. The number of fused-ring (bicyclic) bond motifs is 1. The fourth-order valence-electron chi connectivity index (χ4n) is 3.88. The first-order valence-electron chi connectivity index (χ1n) is 11.6. The van der Waals surface area contributed by atoms with E-state index in [0.29, 0.717) is 16.7 Å². The summed E-state index contributed by atoms with van der Waals surface area (Å²) in [5, 5.41) is 41.9. The smallest absolute Gasteiger partial charge is 0.340 e. The molecule has 0 saturated carbocycles. The van der Waals surface area contributed by atoms with E-state index in [1.54, 1.807) is 19.1 Å². The number of esters is 1. The third-order valence-corrected chi connectivity index (χ3v) is 6.01. The highest BCUT2D eigenvalue weighted by molar-refractivity contribution is 6.07. The van der Waals surface area contributed by atoms with Gasteiger partial charge in [-0.15, -0.1) is 0 Å². The van der Waals surface area contributed by atoms with Gasteiger partial charge in [-0.3, -0.25) is 0 Å². The molecule has 0 fully saturated rings. The number of aromatic nitrogens is 1. The van der Waals surface area contributed by atoms with Crippen LogP contribution in [0.4, 0.5) is 0 Å². The number of benzene rings is 2. The molecule has 0 radical (unpaired) electrons. The number of hydrogen-bond donors (Lipinski definition) is 5. The SMILES string of the molecule is CCOC(=O)c1c(C)n(-c2ccc(C)cc2)c2ccc(OCC(O)CNC(CO)(CO)CO)cc12. The van der Waals surface area contributed by atoms with E-state index < -0.39 is 37.4 Å². The lowest BCUT2D eigenvalue weighted by Gasteiger charge is -2.29. The molecule has 0 aliphatic carbocycles. The quantitative estimate of drug-likeness (QED) is 0.243. The predicted octanol–water partition coefficient (Wildman–Crippen LogP) is 1.47. The van der Waals surface area contributed by atoms with Gasteiger partial charge in [0.25, 0.3) is 0 Å². The van der Waals surface area contributed by atoms with Crippen LogP contribution in [0.1, 0.15) is 28.5 Å². The number of nitrogens with zero attached hydrogens (tertiary/aromatic N) is 1. The van der Waals surface area contributed by atoms with Crippen LogP contribution in [0.5, 0.6) is 5.75 Å². The Morgan fingerprint density at radius 3 is 2.31 bits per heavy atom. The molecule has 9 nitrogen and oxygen atoms in total. The van der Waals surface area contributed by atoms with E-state index >= 15 is 0 Å². The standard InChI is InChI=1S/C26H34N2O7/c1-4-34-25(33)24-18(3)28(19-7-5-17(2)6-8-19)23-10-9-21(11-22(23)24)35-13-20(32)12-27-26(14-29,15-30)16-31/h5-11,20,27,29-32H,4,12-16H2,1-3H3. The van der Waals surface area contributed by atoms with Gasteiger partial charge < -0.3 is 39.8 Å². The number of aliphatic hydroxyl groups is 4. The second-order valence-electron chi connectivity index (χ2n) is 8.63. The molecule has 5 N–H and O–H groups in total. The summed E-state index contributed by atoms with van der Waals surface area (Å²) in [5.74, 6) is 0.0384. The minimum absolute atomic E-state index is 0.0130. The third kappa shape index (κ3) is 5.83. The summed E-state index contributed by atoms with van der Waals surface area (Å²) < 4.78 is 13.1. The first-order chi connectivity index (χ1) is 16.8. The van der Waals surface area contributed by atoms with Crippen LogP contribution in [0.3, 0.4) is 0 Å². The summed E-state index contributed by atoms with van der Waals surface area (Å²) in [4.78, 5) is 12.8. The summed E-state index contributed by atoms with van der Waals surface area (Å²) in [6.07, 6.45) is -0.974. The number of aryl methyl sites for hydroxylation is 1. The van der Waals surface area contributed by atoms with E-state index in [2.05, 4.69) is 5.32 Å². The molecule has 0 bridgehead atoms. The van der Waals surface area contributed by atoms with Crippen molar-refractivity contribution in [3.8, 4) is 11.4 Å². The zero-order valence-electron chi connectivity index (χ0n) is 20.3. The lowest BCUT2D eigenvalue weighted by atomic mass is 10.0. The van der Waals surface area contributed by atoms with Crippen molar-refractivity contribution in [2.75, 3.05) is 39.6 Å². The molecule has 0 saturated heterocycles. The molecule has 1 unspecified atom stereocenters. The van der Waals surface area contributed by atoms with E-state index in [0.717, 1.165) is 22.5 Å². The van der Waals surface area contributed by atoms with Crippen molar-refractivity contribution in [3.05, 3.63) is 59.3 Å². The largest absolute Gasteiger partial charge is 0.491 e. The molecule has 1 aromatic heterocycles. The van der Waals surface area contributed by atoms with Gasteiger partial charge >= 0.3 is 5.97 Å². The predicted molar refractivity (Wildman–Crippen MR) is 132 cm³/mol. The molecular formula is C26H34N2O7. The highest BCUT2D eigenvalue weighted by Crippen LogP contribution is 2.32. The molecule has 35 heavy (non-hydrogen) atoms. The Morgan fingerprint density at radius 1 is 1.06 bits per heavy atom. The Balaban J connectivity index is 1.87. The number of carbonyl (C=O) groups excluding carboxylic acids is 1. The Bertz CT molecular complexity index is 1130. The van der Waals surface area contributed by atoms with Crippen molar-refractivity contribution in [3.63, 3.8) is 0 Å². The maximum Gasteiger partial charge on any atom is 0.340 e. The van der Waals surface area contributed by atoms with Gasteiger partial charge in [0.15, 0.2) is 0 Å². The lowest BCUT2D eigenvalue weighted by Crippen LogP contribution is -2.57.